The molecule has 4 aromatic rings. The first-order valence-corrected chi connectivity index (χ1v) is 8.22. The third-order valence-corrected chi connectivity index (χ3v) is 3.94. The van der Waals surface area contributed by atoms with Gasteiger partial charge in [-0.15, -0.1) is 0 Å². The molecule has 148 valence electrons. The van der Waals surface area contributed by atoms with Crippen molar-refractivity contribution in [1.82, 2.24) is 24.8 Å². The van der Waals surface area contributed by atoms with Gasteiger partial charge in [-0.2, -0.15) is 18.2 Å². The molecule has 3 heterocycles. The van der Waals surface area contributed by atoms with Crippen molar-refractivity contribution in [2.24, 2.45) is 0 Å². The number of benzene rings is 1. The molecule has 0 aliphatic heterocycles. The molecule has 7 nitrogen and oxygen atoms in total. The van der Waals surface area contributed by atoms with Crippen LogP contribution in [0.3, 0.4) is 0 Å². The molecular weight excluding hydrogens is 394 g/mol. The molecule has 29 heavy (non-hydrogen) atoms. The van der Waals surface area contributed by atoms with Crippen LogP contribution in [0.2, 0.25) is 0 Å². The molecule has 4 rings (SSSR count). The van der Waals surface area contributed by atoms with E-state index in [4.69, 9.17) is 0 Å². The van der Waals surface area contributed by atoms with Gasteiger partial charge in [0.15, 0.2) is 0 Å². The second-order valence-corrected chi connectivity index (χ2v) is 6.03. The monoisotopic (exact) mass is 405 g/mol. The summed E-state index contributed by atoms with van der Waals surface area (Å²) < 4.78 is 56.8. The van der Waals surface area contributed by atoms with Crippen molar-refractivity contribution in [3.63, 3.8) is 0 Å². The molecule has 0 fully saturated rings. The molecule has 0 bridgehead atoms. The van der Waals surface area contributed by atoms with Crippen LogP contribution in [-0.2, 0) is 12.7 Å². The largest absolute Gasteiger partial charge is 0.471 e. The number of carbonyl (C=O) groups excluding carboxylic acids is 1. The second kappa shape index (κ2) is 7.00. The minimum Gasteiger partial charge on any atom is -0.346 e. The Morgan fingerprint density at radius 3 is 2.69 bits per heavy atom. The number of carbonyl (C=O) groups is 1. The number of halogens is 4. The van der Waals surface area contributed by atoms with Gasteiger partial charge in [-0.25, -0.2) is 9.37 Å². The zero-order chi connectivity index (χ0) is 20.6. The van der Waals surface area contributed by atoms with Crippen LogP contribution in [-0.4, -0.2) is 25.4 Å². The maximum absolute atomic E-state index is 13.2. The lowest BCUT2D eigenvalue weighted by molar-refractivity contribution is -0.159. The number of fused-ring (bicyclic) bond motifs is 1. The number of aromatic nitrogens is 4. The van der Waals surface area contributed by atoms with E-state index < -0.39 is 23.8 Å². The van der Waals surface area contributed by atoms with Gasteiger partial charge >= 0.3 is 12.1 Å². The highest BCUT2D eigenvalue weighted by molar-refractivity contribution is 5.94. The molecule has 1 aromatic carbocycles. The van der Waals surface area contributed by atoms with Crippen LogP contribution in [0.1, 0.15) is 21.9 Å². The van der Waals surface area contributed by atoms with Crippen molar-refractivity contribution >= 4 is 11.6 Å². The highest BCUT2D eigenvalue weighted by atomic mass is 19.4. The van der Waals surface area contributed by atoms with E-state index in [2.05, 4.69) is 25.0 Å². The Balaban J connectivity index is 1.51. The predicted octanol–water partition coefficient (Wildman–Crippen LogP) is 3.47. The fraction of sp³-hybridized carbons (Fsp3) is 0.111. The lowest BCUT2D eigenvalue weighted by atomic mass is 10.2. The first-order chi connectivity index (χ1) is 13.8. The Morgan fingerprint density at radius 2 is 1.97 bits per heavy atom. The van der Waals surface area contributed by atoms with Crippen LogP contribution in [0.15, 0.2) is 53.3 Å². The number of nitrogens with zero attached hydrogens (tertiary/aromatic N) is 4. The Labute approximate surface area is 160 Å². The topological polar surface area (TPSA) is 85.3 Å². The summed E-state index contributed by atoms with van der Waals surface area (Å²) in [6.07, 6.45) is -1.64. The Hall–Kier alpha value is -3.76. The zero-order valence-electron chi connectivity index (χ0n) is 14.4. The van der Waals surface area contributed by atoms with Crippen LogP contribution in [0.5, 0.6) is 0 Å². The minimum atomic E-state index is -4.72. The van der Waals surface area contributed by atoms with Crippen molar-refractivity contribution in [2.75, 3.05) is 0 Å². The normalized spacial score (nSPS) is 11.7. The lowest BCUT2D eigenvalue weighted by Gasteiger charge is -2.03. The SMILES string of the molecule is O=C(NCc1cn2cc(-c3noc(C(F)(F)F)n3)ccc2n1)c1cccc(F)c1. The average molecular weight is 405 g/mol. The third kappa shape index (κ3) is 3.93. The van der Waals surface area contributed by atoms with E-state index in [1.54, 1.807) is 16.7 Å². The molecule has 1 N–H and O–H groups in total. The van der Waals surface area contributed by atoms with Gasteiger partial charge in [0.05, 0.1) is 12.2 Å². The fourth-order valence-corrected chi connectivity index (χ4v) is 2.62. The molecular formula is C18H11F4N5O2. The Morgan fingerprint density at radius 1 is 1.14 bits per heavy atom. The molecule has 0 radical (unpaired) electrons. The molecule has 0 saturated heterocycles. The van der Waals surface area contributed by atoms with Gasteiger partial charge in [-0.1, -0.05) is 11.2 Å². The molecule has 0 aliphatic rings. The number of rotatable bonds is 4. The summed E-state index contributed by atoms with van der Waals surface area (Å²) in [6.45, 7) is 0.0762. The molecule has 0 spiro atoms. The Kier molecular flexibility index (Phi) is 4.49. The van der Waals surface area contributed by atoms with Gasteiger partial charge in [-0.05, 0) is 30.3 Å². The first-order valence-electron chi connectivity index (χ1n) is 8.22. The van der Waals surface area contributed by atoms with E-state index in [1.807, 2.05) is 0 Å². The summed E-state index contributed by atoms with van der Waals surface area (Å²) in [5.41, 5.74) is 1.47. The van der Waals surface area contributed by atoms with E-state index in [1.165, 1.54) is 30.5 Å². The first kappa shape index (κ1) is 18.6. The average Bonchev–Trinajstić information content (AvgIpc) is 3.32. The summed E-state index contributed by atoms with van der Waals surface area (Å²) in [7, 11) is 0. The number of hydrogen-bond acceptors (Lipinski definition) is 5. The number of alkyl halides is 3. The van der Waals surface area contributed by atoms with E-state index in [0.717, 1.165) is 6.07 Å². The maximum Gasteiger partial charge on any atom is 0.471 e. The quantitative estimate of drug-likeness (QED) is 0.526. The summed E-state index contributed by atoms with van der Waals surface area (Å²) in [6, 6.07) is 8.33. The van der Waals surface area contributed by atoms with Crippen LogP contribution in [0.25, 0.3) is 17.0 Å². The van der Waals surface area contributed by atoms with Crippen molar-refractivity contribution < 1.29 is 26.9 Å². The number of imidazole rings is 1. The highest BCUT2D eigenvalue weighted by Gasteiger charge is 2.38. The third-order valence-electron chi connectivity index (χ3n) is 3.94. The fourth-order valence-electron chi connectivity index (χ4n) is 2.62. The molecule has 11 heteroatoms. The summed E-state index contributed by atoms with van der Waals surface area (Å²) >= 11 is 0. The van der Waals surface area contributed by atoms with Crippen molar-refractivity contribution in [2.45, 2.75) is 12.7 Å². The number of pyridine rings is 1. The predicted molar refractivity (Wildman–Crippen MR) is 91.1 cm³/mol. The maximum atomic E-state index is 13.2. The number of amides is 1. The van der Waals surface area contributed by atoms with Crippen molar-refractivity contribution in [3.05, 3.63) is 71.8 Å². The van der Waals surface area contributed by atoms with Gasteiger partial charge in [-0.3, -0.25) is 4.79 Å². The van der Waals surface area contributed by atoms with Gasteiger partial charge in [0, 0.05) is 23.5 Å². The standard InChI is InChI=1S/C18H11F4N5O2/c19-12-3-1-2-10(6-12)16(28)23-7-13-9-27-8-11(4-5-14(27)24-13)15-25-17(29-26-15)18(20,21)22/h1-6,8-9H,7H2,(H,23,28). The number of hydrogen-bond donors (Lipinski definition) is 1. The van der Waals surface area contributed by atoms with Crippen LogP contribution in [0, 0.1) is 5.82 Å². The van der Waals surface area contributed by atoms with E-state index in [9.17, 15) is 22.4 Å². The molecule has 3 aromatic heterocycles. The molecule has 0 saturated carbocycles. The number of nitrogens with one attached hydrogen (secondary N) is 1. The minimum absolute atomic E-state index is 0.0762. The molecule has 0 aliphatic carbocycles. The lowest BCUT2D eigenvalue weighted by Crippen LogP contribution is -2.23. The van der Waals surface area contributed by atoms with Gasteiger partial charge in [0.25, 0.3) is 5.91 Å². The summed E-state index contributed by atoms with van der Waals surface area (Å²) in [4.78, 5) is 19.7. The van der Waals surface area contributed by atoms with E-state index in [0.29, 0.717) is 16.9 Å². The van der Waals surface area contributed by atoms with Gasteiger partial charge < -0.3 is 14.2 Å². The summed E-state index contributed by atoms with van der Waals surface area (Å²) in [5, 5.41) is 5.96. The van der Waals surface area contributed by atoms with Crippen LogP contribution < -0.4 is 5.32 Å². The Bertz CT molecular complexity index is 1200. The van der Waals surface area contributed by atoms with E-state index >= 15 is 0 Å². The smallest absolute Gasteiger partial charge is 0.346 e. The van der Waals surface area contributed by atoms with Crippen molar-refractivity contribution in [1.29, 1.82) is 0 Å². The van der Waals surface area contributed by atoms with E-state index in [-0.39, 0.29) is 17.9 Å². The second-order valence-electron chi connectivity index (χ2n) is 6.03. The molecule has 0 unspecified atom stereocenters. The molecule has 1 amide bonds. The van der Waals surface area contributed by atoms with Gasteiger partial charge in [0.1, 0.15) is 11.5 Å². The zero-order valence-corrected chi connectivity index (χ0v) is 14.4. The van der Waals surface area contributed by atoms with Crippen LogP contribution in [0.4, 0.5) is 17.6 Å². The van der Waals surface area contributed by atoms with Crippen molar-refractivity contribution in [3.8, 4) is 11.4 Å². The van der Waals surface area contributed by atoms with Crippen LogP contribution >= 0.6 is 0 Å². The molecule has 0 atom stereocenters. The van der Waals surface area contributed by atoms with Gasteiger partial charge in [0.2, 0.25) is 5.82 Å². The highest BCUT2D eigenvalue weighted by Crippen LogP contribution is 2.29. The summed E-state index contributed by atoms with van der Waals surface area (Å²) in [5.74, 6) is -2.63.